The van der Waals surface area contributed by atoms with Crippen LogP contribution in [0.3, 0.4) is 0 Å². The van der Waals surface area contributed by atoms with Crippen molar-refractivity contribution >= 4 is 34.1 Å². The number of nitrogens with zero attached hydrogens (tertiary/aromatic N) is 3. The zero-order valence-electron chi connectivity index (χ0n) is 19.1. The summed E-state index contributed by atoms with van der Waals surface area (Å²) in [5.74, 6) is -0.527. The largest absolute Gasteiger partial charge is 0.339 e. The van der Waals surface area contributed by atoms with Crippen LogP contribution >= 0.6 is 0 Å². The molecule has 0 radical (unpaired) electrons. The van der Waals surface area contributed by atoms with E-state index in [9.17, 15) is 18.8 Å². The molecule has 3 aromatic rings. The zero-order valence-corrected chi connectivity index (χ0v) is 19.1. The van der Waals surface area contributed by atoms with E-state index in [1.54, 1.807) is 34.1 Å². The van der Waals surface area contributed by atoms with Gasteiger partial charge in [-0.25, -0.2) is 9.49 Å². The molecule has 1 aromatic heterocycles. The summed E-state index contributed by atoms with van der Waals surface area (Å²) < 4.78 is 14.6. The van der Waals surface area contributed by atoms with Gasteiger partial charge in [-0.3, -0.25) is 14.4 Å². The second-order valence-electron chi connectivity index (χ2n) is 8.40. The van der Waals surface area contributed by atoms with Crippen LogP contribution in [0.25, 0.3) is 10.8 Å². The molecule has 8 nitrogen and oxygen atoms in total. The van der Waals surface area contributed by atoms with Crippen molar-refractivity contribution in [2.24, 2.45) is 0 Å². The van der Waals surface area contributed by atoms with E-state index in [4.69, 9.17) is 0 Å². The molecular weight excluding hydrogens is 437 g/mol. The van der Waals surface area contributed by atoms with E-state index in [2.05, 4.69) is 22.4 Å². The van der Waals surface area contributed by atoms with Crippen LogP contribution in [0.1, 0.15) is 43.0 Å². The molecule has 1 saturated heterocycles. The van der Waals surface area contributed by atoms with E-state index in [1.165, 1.54) is 18.2 Å². The molecule has 2 heterocycles. The lowest BCUT2D eigenvalue weighted by Crippen LogP contribution is -2.50. The van der Waals surface area contributed by atoms with Gasteiger partial charge in [-0.05, 0) is 30.7 Å². The van der Waals surface area contributed by atoms with Gasteiger partial charge in [-0.1, -0.05) is 38.0 Å². The number of hydrogen-bond acceptors (Lipinski definition) is 5. The Balaban J connectivity index is 1.46. The molecule has 0 aliphatic carbocycles. The Bertz CT molecular complexity index is 1250. The first-order valence-electron chi connectivity index (χ1n) is 11.6. The lowest BCUT2D eigenvalue weighted by Gasteiger charge is -2.35. The van der Waals surface area contributed by atoms with Crippen LogP contribution in [0, 0.1) is 5.82 Å². The van der Waals surface area contributed by atoms with Gasteiger partial charge in [0.1, 0.15) is 5.82 Å². The van der Waals surface area contributed by atoms with Gasteiger partial charge in [0.05, 0.1) is 10.9 Å². The average Bonchev–Trinajstić information content (AvgIpc) is 2.87. The Labute approximate surface area is 196 Å². The van der Waals surface area contributed by atoms with Crippen LogP contribution in [-0.4, -0.2) is 58.0 Å². The van der Waals surface area contributed by atoms with E-state index in [-0.39, 0.29) is 17.0 Å². The van der Waals surface area contributed by atoms with E-state index < -0.39 is 11.7 Å². The summed E-state index contributed by atoms with van der Waals surface area (Å²) in [5, 5.41) is 10.7. The van der Waals surface area contributed by atoms with Crippen LogP contribution in [0.5, 0.6) is 0 Å². The Hall–Kier alpha value is -3.75. The topological polar surface area (TPSA) is 98.4 Å². The van der Waals surface area contributed by atoms with Crippen molar-refractivity contribution in [3.05, 3.63) is 64.2 Å². The summed E-state index contributed by atoms with van der Waals surface area (Å²) in [6, 6.07) is 11.2. The van der Waals surface area contributed by atoms with E-state index in [0.29, 0.717) is 54.9 Å². The number of rotatable bonds is 7. The maximum Gasteiger partial charge on any atom is 0.272 e. The molecule has 2 N–H and O–H groups in total. The summed E-state index contributed by atoms with van der Waals surface area (Å²) in [6.45, 7) is 3.72. The first-order chi connectivity index (χ1) is 16.5. The minimum Gasteiger partial charge on any atom is -0.339 e. The number of hydrogen-bond donors (Lipinski definition) is 2. The molecule has 0 saturated carbocycles. The number of carbonyl (C=O) groups is 2. The summed E-state index contributed by atoms with van der Waals surface area (Å²) in [4.78, 5) is 40.8. The van der Waals surface area contributed by atoms with Gasteiger partial charge in [0, 0.05) is 43.7 Å². The fourth-order valence-corrected chi connectivity index (χ4v) is 4.13. The van der Waals surface area contributed by atoms with Crippen molar-refractivity contribution < 1.29 is 14.0 Å². The van der Waals surface area contributed by atoms with Crippen molar-refractivity contribution in [2.45, 2.75) is 32.6 Å². The van der Waals surface area contributed by atoms with Gasteiger partial charge in [-0.2, -0.15) is 5.10 Å². The highest BCUT2D eigenvalue weighted by atomic mass is 19.1. The number of nitrogens with one attached hydrogen (secondary N) is 2. The number of aromatic nitrogens is 2. The molecule has 178 valence electrons. The third-order valence-electron chi connectivity index (χ3n) is 6.07. The number of carbonyl (C=O) groups excluding carboxylic acids is 2. The average molecular weight is 466 g/mol. The first-order valence-corrected chi connectivity index (χ1v) is 11.6. The summed E-state index contributed by atoms with van der Waals surface area (Å²) in [5.41, 5.74) is 0.111. The Morgan fingerprint density at radius 3 is 2.47 bits per heavy atom. The molecular formula is C25H28FN5O3. The Morgan fingerprint density at radius 2 is 1.74 bits per heavy atom. The lowest BCUT2D eigenvalue weighted by atomic mass is 10.1. The fourth-order valence-electron chi connectivity index (χ4n) is 4.13. The highest BCUT2D eigenvalue weighted by Gasteiger charge is 2.26. The number of piperazine rings is 1. The molecule has 1 aliphatic heterocycles. The minimum absolute atomic E-state index is 0.0542. The summed E-state index contributed by atoms with van der Waals surface area (Å²) >= 11 is 0. The van der Waals surface area contributed by atoms with Gasteiger partial charge >= 0.3 is 0 Å². The van der Waals surface area contributed by atoms with Crippen LogP contribution < -0.4 is 10.9 Å². The van der Waals surface area contributed by atoms with Crippen molar-refractivity contribution in [1.29, 1.82) is 0 Å². The van der Waals surface area contributed by atoms with Crippen LogP contribution in [0.15, 0.2) is 47.3 Å². The molecule has 1 aliphatic rings. The molecule has 0 spiro atoms. The molecule has 1 fully saturated rings. The molecule has 0 atom stereocenters. The number of anilines is 2. The number of benzene rings is 2. The van der Waals surface area contributed by atoms with Gasteiger partial charge in [0.25, 0.3) is 11.5 Å². The SMILES string of the molecule is CCCCCC(=O)N1CCN(C(=O)c2cc(Nc3n[nH]c(=O)c4ccccc34)ccc2F)CC1. The summed E-state index contributed by atoms with van der Waals surface area (Å²) in [7, 11) is 0. The third-order valence-corrected chi connectivity index (χ3v) is 6.07. The quantitative estimate of drug-likeness (QED) is 0.519. The predicted molar refractivity (Wildman–Crippen MR) is 129 cm³/mol. The maximum absolute atomic E-state index is 14.6. The van der Waals surface area contributed by atoms with E-state index in [0.717, 1.165) is 19.3 Å². The molecule has 4 rings (SSSR count). The number of halogens is 1. The number of aromatic amines is 1. The highest BCUT2D eigenvalue weighted by Crippen LogP contribution is 2.24. The number of fused-ring (bicyclic) bond motifs is 1. The molecule has 9 heteroatoms. The second kappa shape index (κ2) is 10.5. The number of amides is 2. The number of H-pyrrole nitrogens is 1. The molecule has 0 bridgehead atoms. The first kappa shape index (κ1) is 23.4. The Kier molecular flexibility index (Phi) is 7.20. The zero-order chi connectivity index (χ0) is 24.1. The van der Waals surface area contributed by atoms with Gasteiger partial charge in [-0.15, -0.1) is 0 Å². The van der Waals surface area contributed by atoms with Crippen LogP contribution in [-0.2, 0) is 4.79 Å². The van der Waals surface area contributed by atoms with Crippen molar-refractivity contribution in [3.63, 3.8) is 0 Å². The monoisotopic (exact) mass is 465 g/mol. The van der Waals surface area contributed by atoms with Crippen molar-refractivity contribution in [2.75, 3.05) is 31.5 Å². The molecule has 2 aromatic carbocycles. The van der Waals surface area contributed by atoms with Crippen molar-refractivity contribution in [3.8, 4) is 0 Å². The van der Waals surface area contributed by atoms with Gasteiger partial charge in [0.15, 0.2) is 5.82 Å². The maximum atomic E-state index is 14.6. The third kappa shape index (κ3) is 5.08. The van der Waals surface area contributed by atoms with E-state index in [1.807, 2.05) is 0 Å². The minimum atomic E-state index is -0.618. The van der Waals surface area contributed by atoms with Crippen LogP contribution in [0.2, 0.25) is 0 Å². The molecule has 34 heavy (non-hydrogen) atoms. The molecule has 2 amide bonds. The normalized spacial score (nSPS) is 13.8. The fraction of sp³-hybridized carbons (Fsp3) is 0.360. The predicted octanol–water partition coefficient (Wildman–Crippen LogP) is 3.67. The Morgan fingerprint density at radius 1 is 1.03 bits per heavy atom. The van der Waals surface area contributed by atoms with Crippen molar-refractivity contribution in [1.82, 2.24) is 20.0 Å². The standard InChI is InChI=1S/C25H28FN5O3/c1-2-3-4-9-22(32)30-12-14-31(15-13-30)25(34)20-16-17(10-11-21(20)26)27-23-18-7-5-6-8-19(18)24(33)29-28-23/h5-8,10-11,16H,2-4,9,12-15H2,1H3,(H,27,28)(H,29,33). The van der Waals surface area contributed by atoms with Gasteiger partial charge in [0.2, 0.25) is 5.91 Å². The highest BCUT2D eigenvalue weighted by molar-refractivity contribution is 5.97. The summed E-state index contributed by atoms with van der Waals surface area (Å²) in [6.07, 6.45) is 3.48. The van der Waals surface area contributed by atoms with Crippen LogP contribution in [0.4, 0.5) is 15.9 Å². The number of unbranched alkanes of at least 4 members (excludes halogenated alkanes) is 2. The van der Waals surface area contributed by atoms with E-state index >= 15 is 0 Å². The smallest absolute Gasteiger partial charge is 0.272 e. The lowest BCUT2D eigenvalue weighted by molar-refractivity contribution is -0.132. The second-order valence-corrected chi connectivity index (χ2v) is 8.40. The van der Waals surface area contributed by atoms with Gasteiger partial charge < -0.3 is 15.1 Å². The molecule has 0 unspecified atom stereocenters.